The predicted molar refractivity (Wildman–Crippen MR) is 108 cm³/mol. The lowest BCUT2D eigenvalue weighted by molar-refractivity contribution is 0.213. The summed E-state index contributed by atoms with van der Waals surface area (Å²) in [6.45, 7) is 2.97. The van der Waals surface area contributed by atoms with Crippen LogP contribution >= 0.6 is 6.80 Å². The van der Waals surface area contributed by atoms with E-state index in [0.29, 0.717) is 6.54 Å². The Morgan fingerprint density at radius 3 is 2.08 bits per heavy atom. The maximum Gasteiger partial charge on any atom is 0.430 e. The van der Waals surface area contributed by atoms with E-state index in [1.807, 2.05) is 6.92 Å². The zero-order chi connectivity index (χ0) is 19.0. The van der Waals surface area contributed by atoms with Gasteiger partial charge in [0.1, 0.15) is 0 Å². The maximum absolute atomic E-state index is 12.0. The molecule has 0 fully saturated rings. The van der Waals surface area contributed by atoms with E-state index in [-0.39, 0.29) is 12.5 Å². The van der Waals surface area contributed by atoms with E-state index in [9.17, 15) is 13.7 Å². The summed E-state index contributed by atoms with van der Waals surface area (Å²) in [5, 5.41) is 0. The summed E-state index contributed by atoms with van der Waals surface area (Å²) in [6.07, 6.45) is 13.5. The molecule has 0 aromatic heterocycles. The average molecular weight is 398 g/mol. The number of unbranched alkanes of at least 4 members (excludes halogenated alkanes) is 8. The Hall–Kier alpha value is 0.260. The highest BCUT2D eigenvalue weighted by atomic mass is 32.8. The summed E-state index contributed by atoms with van der Waals surface area (Å²) in [7, 11) is -2.03. The molecule has 3 atom stereocenters. The van der Waals surface area contributed by atoms with Crippen LogP contribution in [0.4, 0.5) is 0 Å². The minimum absolute atomic E-state index is 0.204. The van der Waals surface area contributed by atoms with Gasteiger partial charge in [0.15, 0.2) is 0 Å². The normalized spacial score (nSPS) is 16.5. The first-order chi connectivity index (χ1) is 12.0. The first-order valence-electron chi connectivity index (χ1n) is 10.1. The molecule has 0 aromatic rings. The highest BCUT2D eigenvalue weighted by Gasteiger charge is 2.29. The first-order valence-corrected chi connectivity index (χ1v) is 13.4. The summed E-state index contributed by atoms with van der Waals surface area (Å²) in [6, 6.07) is 0. The van der Waals surface area contributed by atoms with Gasteiger partial charge in [-0.2, -0.15) is 0 Å². The molecule has 0 heterocycles. The molecule has 0 aliphatic carbocycles. The highest BCUT2D eigenvalue weighted by molar-refractivity contribution is 8.44. The molecule has 0 spiro atoms. The smallest absolute Gasteiger partial charge is 0.314 e. The van der Waals surface area contributed by atoms with Crippen LogP contribution < -0.4 is 4.72 Å². The molecule has 0 saturated heterocycles. The zero-order valence-corrected chi connectivity index (χ0v) is 18.2. The SMILES string of the molecule is CCCCCCCCCCNS(=O)P(=O)(O)OCC(CC)CCCC. The molecule has 0 aromatic carbocycles. The van der Waals surface area contributed by atoms with Crippen LogP contribution in [0.3, 0.4) is 0 Å². The molecule has 2 N–H and O–H groups in total. The number of nitrogens with one attached hydrogen (secondary N) is 1. The summed E-state index contributed by atoms with van der Waals surface area (Å²) < 4.78 is 31.8. The Labute approximate surface area is 157 Å². The molecule has 25 heavy (non-hydrogen) atoms. The molecule has 7 heteroatoms. The fraction of sp³-hybridized carbons (Fsp3) is 1.00. The molecule has 0 aliphatic heterocycles. The van der Waals surface area contributed by atoms with Gasteiger partial charge in [0.05, 0.1) is 6.61 Å². The van der Waals surface area contributed by atoms with Crippen LogP contribution in [0.5, 0.6) is 0 Å². The van der Waals surface area contributed by atoms with Gasteiger partial charge >= 0.3 is 6.80 Å². The molecule has 0 bridgehead atoms. The highest BCUT2D eigenvalue weighted by Crippen LogP contribution is 2.45. The van der Waals surface area contributed by atoms with Gasteiger partial charge in [-0.05, 0) is 18.8 Å². The Morgan fingerprint density at radius 1 is 0.960 bits per heavy atom. The van der Waals surface area contributed by atoms with Gasteiger partial charge in [-0.15, -0.1) is 0 Å². The van der Waals surface area contributed by atoms with Crippen LogP contribution in [-0.2, 0) is 19.7 Å². The second-order valence-electron chi connectivity index (χ2n) is 6.80. The third-order valence-electron chi connectivity index (χ3n) is 4.48. The van der Waals surface area contributed by atoms with Crippen molar-refractivity contribution in [1.82, 2.24) is 4.72 Å². The van der Waals surface area contributed by atoms with E-state index in [2.05, 4.69) is 18.6 Å². The lowest BCUT2D eigenvalue weighted by Crippen LogP contribution is -2.20. The van der Waals surface area contributed by atoms with Crippen molar-refractivity contribution in [2.24, 2.45) is 5.92 Å². The summed E-state index contributed by atoms with van der Waals surface area (Å²) >= 11 is 0. The molecule has 3 unspecified atom stereocenters. The Bertz CT molecular complexity index is 382. The Kier molecular flexibility index (Phi) is 16.6. The van der Waals surface area contributed by atoms with Crippen LogP contribution in [0, 0.1) is 5.92 Å². The summed E-state index contributed by atoms with van der Waals surface area (Å²) in [5.41, 5.74) is 0. The minimum atomic E-state index is -4.10. The van der Waals surface area contributed by atoms with Gasteiger partial charge in [0.2, 0.25) is 10.6 Å². The van der Waals surface area contributed by atoms with Crippen molar-refractivity contribution < 1.29 is 18.2 Å². The molecular formula is C18H40NO4PS. The average Bonchev–Trinajstić information content (AvgIpc) is 2.60. The molecule has 0 radical (unpaired) electrons. The van der Waals surface area contributed by atoms with Crippen LogP contribution in [0.1, 0.15) is 97.8 Å². The third-order valence-corrected chi connectivity index (χ3v) is 7.79. The van der Waals surface area contributed by atoms with Gasteiger partial charge < -0.3 is 4.89 Å². The largest absolute Gasteiger partial charge is 0.430 e. The van der Waals surface area contributed by atoms with E-state index >= 15 is 0 Å². The Morgan fingerprint density at radius 2 is 1.52 bits per heavy atom. The topological polar surface area (TPSA) is 75.6 Å². The number of hydrogen-bond donors (Lipinski definition) is 2. The van der Waals surface area contributed by atoms with Crippen molar-refractivity contribution in [3.63, 3.8) is 0 Å². The lowest BCUT2D eigenvalue weighted by atomic mass is 10.0. The van der Waals surface area contributed by atoms with Crippen molar-refractivity contribution in [2.45, 2.75) is 97.8 Å². The van der Waals surface area contributed by atoms with Gasteiger partial charge in [-0.1, -0.05) is 85.0 Å². The number of hydrogen-bond acceptors (Lipinski definition) is 3. The van der Waals surface area contributed by atoms with Gasteiger partial charge in [-0.25, -0.2) is 13.5 Å². The molecule has 0 saturated carbocycles. The van der Waals surface area contributed by atoms with Crippen LogP contribution in [0.2, 0.25) is 0 Å². The number of rotatable bonds is 18. The Balaban J connectivity index is 3.82. The van der Waals surface area contributed by atoms with Crippen molar-refractivity contribution in [3.8, 4) is 0 Å². The minimum Gasteiger partial charge on any atom is -0.314 e. The van der Waals surface area contributed by atoms with Crippen molar-refractivity contribution in [2.75, 3.05) is 13.2 Å². The fourth-order valence-electron chi connectivity index (χ4n) is 2.65. The van der Waals surface area contributed by atoms with Gasteiger partial charge in [0.25, 0.3) is 0 Å². The quantitative estimate of drug-likeness (QED) is 0.229. The molecule has 0 amide bonds. The van der Waals surface area contributed by atoms with Crippen LogP contribution in [-0.4, -0.2) is 22.3 Å². The van der Waals surface area contributed by atoms with E-state index in [1.54, 1.807) is 0 Å². The molecular weight excluding hydrogens is 357 g/mol. The standard InChI is InChI=1S/C18H40NO4PS/c1-4-7-9-10-11-12-13-14-16-19-25(22)24(20,21)23-17-18(6-3)15-8-5-2/h18-19H,4-17H2,1-3H3,(H,20,21). The van der Waals surface area contributed by atoms with Crippen molar-refractivity contribution in [3.05, 3.63) is 0 Å². The first kappa shape index (κ1) is 25.3. The van der Waals surface area contributed by atoms with Crippen molar-refractivity contribution >= 4 is 17.4 Å². The second kappa shape index (κ2) is 16.4. The second-order valence-corrected chi connectivity index (χ2v) is 11.2. The molecule has 0 rings (SSSR count). The molecule has 0 aliphatic rings. The van der Waals surface area contributed by atoms with E-state index in [1.165, 1.54) is 38.5 Å². The van der Waals surface area contributed by atoms with E-state index in [4.69, 9.17) is 4.52 Å². The summed E-state index contributed by atoms with van der Waals surface area (Å²) in [4.78, 5) is 9.85. The molecule has 5 nitrogen and oxygen atoms in total. The fourth-order valence-corrected chi connectivity index (χ4v) is 4.86. The monoisotopic (exact) mass is 397 g/mol. The van der Waals surface area contributed by atoms with Gasteiger partial charge in [-0.3, -0.25) is 4.52 Å². The third kappa shape index (κ3) is 14.0. The summed E-state index contributed by atoms with van der Waals surface area (Å²) in [5.74, 6) is 0.255. The van der Waals surface area contributed by atoms with E-state index < -0.39 is 17.4 Å². The van der Waals surface area contributed by atoms with Crippen LogP contribution in [0.15, 0.2) is 0 Å². The van der Waals surface area contributed by atoms with Gasteiger partial charge in [0, 0.05) is 6.54 Å². The maximum atomic E-state index is 12.0. The van der Waals surface area contributed by atoms with Crippen molar-refractivity contribution in [1.29, 1.82) is 0 Å². The lowest BCUT2D eigenvalue weighted by Gasteiger charge is -2.17. The van der Waals surface area contributed by atoms with E-state index in [0.717, 1.165) is 38.5 Å². The zero-order valence-electron chi connectivity index (χ0n) is 16.5. The van der Waals surface area contributed by atoms with Crippen LogP contribution in [0.25, 0.3) is 0 Å². The molecule has 152 valence electrons. The predicted octanol–water partition coefficient (Wildman–Crippen LogP) is 5.71.